The molecule has 0 heterocycles. The molecule has 2 aromatic rings. The quantitative estimate of drug-likeness (QED) is 0.578. The van der Waals surface area contributed by atoms with Crippen LogP contribution < -0.4 is 4.74 Å². The van der Waals surface area contributed by atoms with Gasteiger partial charge in [0.25, 0.3) is 0 Å². The van der Waals surface area contributed by atoms with E-state index in [9.17, 15) is 5.26 Å². The lowest BCUT2D eigenvalue weighted by Crippen LogP contribution is -2.06. The lowest BCUT2D eigenvalue weighted by atomic mass is 9.98. The molecule has 0 spiro atoms. The maximum absolute atomic E-state index is 9.24. The summed E-state index contributed by atoms with van der Waals surface area (Å²) in [4.78, 5) is 4.74. The highest BCUT2D eigenvalue weighted by molar-refractivity contribution is 6.12. The molecule has 0 amide bonds. The highest BCUT2D eigenvalue weighted by Gasteiger charge is 2.11. The molecule has 2 rings (SSSR count). The number of rotatable bonds is 6. The van der Waals surface area contributed by atoms with E-state index < -0.39 is 0 Å². The van der Waals surface area contributed by atoms with Crippen molar-refractivity contribution in [3.8, 4) is 11.8 Å². The fourth-order valence-electron chi connectivity index (χ4n) is 2.65. The highest BCUT2D eigenvalue weighted by Crippen LogP contribution is 2.24. The van der Waals surface area contributed by atoms with E-state index >= 15 is 0 Å². The van der Waals surface area contributed by atoms with Gasteiger partial charge in [0.1, 0.15) is 25.5 Å². The summed E-state index contributed by atoms with van der Waals surface area (Å²) in [5.41, 5.74) is 4.39. The zero-order chi connectivity index (χ0) is 17.5. The van der Waals surface area contributed by atoms with Crippen molar-refractivity contribution in [3.05, 3.63) is 64.7 Å². The molecule has 4 nitrogen and oxygen atoms in total. The van der Waals surface area contributed by atoms with Crippen LogP contribution >= 0.6 is 0 Å². The normalized spacial score (nSPS) is 11.2. The molecule has 0 fully saturated rings. The lowest BCUT2D eigenvalue weighted by molar-refractivity contribution is 0.214. The minimum Gasteiger partial charge on any atom is -0.489 e. The molecule has 0 radical (unpaired) electrons. The molecule has 0 unspecified atom stereocenters. The van der Waals surface area contributed by atoms with Crippen molar-refractivity contribution in [3.63, 3.8) is 0 Å². The molecule has 2 aromatic carbocycles. The van der Waals surface area contributed by atoms with Gasteiger partial charge in [-0.15, -0.1) is 0 Å². The number of ether oxygens (including phenoxy) is 1. The van der Waals surface area contributed by atoms with E-state index in [0.717, 1.165) is 16.9 Å². The SMILES string of the molecule is CON=C(C#N)c1ccccc1COc1ccc(C(C)C)c(C)c1. The van der Waals surface area contributed by atoms with Crippen LogP contribution in [0.25, 0.3) is 0 Å². The van der Waals surface area contributed by atoms with Crippen molar-refractivity contribution >= 4 is 5.71 Å². The predicted molar refractivity (Wildman–Crippen MR) is 95.2 cm³/mol. The van der Waals surface area contributed by atoms with E-state index in [1.54, 1.807) is 0 Å². The Bertz CT molecular complexity index is 773. The summed E-state index contributed by atoms with van der Waals surface area (Å²) in [6.45, 7) is 6.81. The third-order valence-electron chi connectivity index (χ3n) is 3.82. The lowest BCUT2D eigenvalue weighted by Gasteiger charge is -2.13. The highest BCUT2D eigenvalue weighted by atomic mass is 16.6. The number of hydrogen-bond donors (Lipinski definition) is 0. The van der Waals surface area contributed by atoms with Crippen LogP contribution in [-0.2, 0) is 11.4 Å². The monoisotopic (exact) mass is 322 g/mol. The maximum atomic E-state index is 9.24. The Labute approximate surface area is 143 Å². The van der Waals surface area contributed by atoms with Gasteiger partial charge in [0, 0.05) is 5.56 Å². The average molecular weight is 322 g/mol. The Hall–Kier alpha value is -2.80. The molecule has 0 bridgehead atoms. The van der Waals surface area contributed by atoms with Crippen molar-refractivity contribution in [2.75, 3.05) is 7.11 Å². The van der Waals surface area contributed by atoms with Gasteiger partial charge in [-0.1, -0.05) is 49.3 Å². The summed E-state index contributed by atoms with van der Waals surface area (Å²) in [7, 11) is 1.43. The van der Waals surface area contributed by atoms with Crippen LogP contribution in [0.2, 0.25) is 0 Å². The van der Waals surface area contributed by atoms with Gasteiger partial charge in [-0.25, -0.2) is 0 Å². The number of nitrogens with zero attached hydrogens (tertiary/aromatic N) is 2. The largest absolute Gasteiger partial charge is 0.489 e. The molecule has 0 atom stereocenters. The van der Waals surface area contributed by atoms with Crippen LogP contribution in [0.3, 0.4) is 0 Å². The minimum atomic E-state index is 0.239. The third-order valence-corrected chi connectivity index (χ3v) is 3.82. The van der Waals surface area contributed by atoms with Crippen molar-refractivity contribution in [1.29, 1.82) is 5.26 Å². The van der Waals surface area contributed by atoms with Crippen LogP contribution in [0.1, 0.15) is 42.0 Å². The first-order chi connectivity index (χ1) is 11.6. The summed E-state index contributed by atoms with van der Waals surface area (Å²) in [5, 5.41) is 13.0. The van der Waals surface area contributed by atoms with E-state index in [-0.39, 0.29) is 5.71 Å². The smallest absolute Gasteiger partial charge is 0.187 e. The van der Waals surface area contributed by atoms with Gasteiger partial charge in [-0.3, -0.25) is 0 Å². The molecule has 0 aliphatic rings. The molecular weight excluding hydrogens is 300 g/mol. The second-order valence-electron chi connectivity index (χ2n) is 5.85. The molecule has 4 heteroatoms. The zero-order valence-electron chi connectivity index (χ0n) is 14.5. The van der Waals surface area contributed by atoms with Crippen LogP contribution in [0, 0.1) is 18.3 Å². The van der Waals surface area contributed by atoms with Gasteiger partial charge in [-0.2, -0.15) is 5.26 Å². The predicted octanol–water partition coefficient (Wildman–Crippen LogP) is 4.57. The molecular formula is C20H22N2O2. The van der Waals surface area contributed by atoms with E-state index in [2.05, 4.69) is 38.1 Å². The standard InChI is InChI=1S/C20H22N2O2/c1-14(2)18-10-9-17(11-15(18)3)24-13-16-7-5-6-8-19(16)20(12-21)22-23-4/h5-11,14H,13H2,1-4H3. The van der Waals surface area contributed by atoms with E-state index in [1.807, 2.05) is 36.4 Å². The van der Waals surface area contributed by atoms with Crippen molar-refractivity contribution in [2.24, 2.45) is 5.16 Å². The summed E-state index contributed by atoms with van der Waals surface area (Å²) in [6.07, 6.45) is 0. The van der Waals surface area contributed by atoms with Gasteiger partial charge in [0.15, 0.2) is 5.71 Å². The summed E-state index contributed by atoms with van der Waals surface area (Å²) < 4.78 is 5.92. The Balaban J connectivity index is 2.20. The number of aryl methyl sites for hydroxylation is 1. The fourth-order valence-corrected chi connectivity index (χ4v) is 2.65. The summed E-state index contributed by atoms with van der Waals surface area (Å²) in [6, 6.07) is 15.7. The van der Waals surface area contributed by atoms with E-state index in [4.69, 9.17) is 9.57 Å². The number of nitriles is 1. The van der Waals surface area contributed by atoms with Gasteiger partial charge in [0.2, 0.25) is 0 Å². The van der Waals surface area contributed by atoms with Crippen LogP contribution in [0.4, 0.5) is 0 Å². The number of hydrogen-bond acceptors (Lipinski definition) is 4. The topological polar surface area (TPSA) is 54.6 Å². The molecule has 0 N–H and O–H groups in total. The Morgan fingerprint density at radius 1 is 1.21 bits per heavy atom. The first-order valence-corrected chi connectivity index (χ1v) is 7.89. The van der Waals surface area contributed by atoms with E-state index in [0.29, 0.717) is 12.5 Å². The van der Waals surface area contributed by atoms with Crippen LogP contribution in [0.15, 0.2) is 47.6 Å². The molecule has 0 aliphatic heterocycles. The minimum absolute atomic E-state index is 0.239. The maximum Gasteiger partial charge on any atom is 0.187 e. The van der Waals surface area contributed by atoms with Crippen LogP contribution in [-0.4, -0.2) is 12.8 Å². The van der Waals surface area contributed by atoms with E-state index in [1.165, 1.54) is 18.2 Å². The molecule has 0 aliphatic carbocycles. The third kappa shape index (κ3) is 4.14. The Morgan fingerprint density at radius 3 is 2.58 bits per heavy atom. The zero-order valence-corrected chi connectivity index (χ0v) is 14.5. The van der Waals surface area contributed by atoms with Crippen molar-refractivity contribution in [2.45, 2.75) is 33.3 Å². The van der Waals surface area contributed by atoms with Gasteiger partial charge < -0.3 is 9.57 Å². The Kier molecular flexibility index (Phi) is 5.97. The first kappa shape index (κ1) is 17.6. The average Bonchev–Trinajstić information content (AvgIpc) is 2.58. The number of oxime groups is 1. The molecule has 24 heavy (non-hydrogen) atoms. The molecule has 0 aromatic heterocycles. The van der Waals surface area contributed by atoms with Gasteiger partial charge in [-0.05, 0) is 41.7 Å². The van der Waals surface area contributed by atoms with Crippen LogP contribution in [0.5, 0.6) is 5.75 Å². The van der Waals surface area contributed by atoms with Crippen molar-refractivity contribution < 1.29 is 9.57 Å². The fraction of sp³-hybridized carbons (Fsp3) is 0.300. The molecule has 124 valence electrons. The first-order valence-electron chi connectivity index (χ1n) is 7.89. The number of benzene rings is 2. The van der Waals surface area contributed by atoms with Gasteiger partial charge >= 0.3 is 0 Å². The molecule has 0 saturated carbocycles. The second kappa shape index (κ2) is 8.16. The van der Waals surface area contributed by atoms with Gasteiger partial charge in [0.05, 0.1) is 0 Å². The summed E-state index contributed by atoms with van der Waals surface area (Å²) in [5.74, 6) is 1.30. The molecule has 0 saturated heterocycles. The second-order valence-corrected chi connectivity index (χ2v) is 5.85. The Morgan fingerprint density at radius 2 is 1.96 bits per heavy atom. The van der Waals surface area contributed by atoms with Crippen molar-refractivity contribution in [1.82, 2.24) is 0 Å². The summed E-state index contributed by atoms with van der Waals surface area (Å²) >= 11 is 0.